The minimum atomic E-state index is -0.876. The summed E-state index contributed by atoms with van der Waals surface area (Å²) in [4.78, 5) is 10.4. The van der Waals surface area contributed by atoms with Gasteiger partial charge >= 0.3 is 27.0 Å². The van der Waals surface area contributed by atoms with Crippen molar-refractivity contribution in [3.63, 3.8) is 0 Å². The Morgan fingerprint density at radius 2 is 0.707 bits per heavy atom. The van der Waals surface area contributed by atoms with Crippen LogP contribution in [-0.4, -0.2) is 32.2 Å². The zero-order chi connectivity index (χ0) is 29.1. The summed E-state index contributed by atoms with van der Waals surface area (Å²) in [7, 11) is 2.86. The average Bonchev–Trinajstić information content (AvgIpc) is 3.08. The van der Waals surface area contributed by atoms with Gasteiger partial charge in [0, 0.05) is 5.69 Å². The summed E-state index contributed by atoms with van der Waals surface area (Å²) >= 11 is 1.62. The van der Waals surface area contributed by atoms with Crippen molar-refractivity contribution in [2.75, 3.05) is 30.3 Å². The van der Waals surface area contributed by atoms with E-state index < -0.39 is 15.8 Å². The molecule has 6 heteroatoms. The molecule has 0 saturated heterocycles. The average molecular weight is 686 g/mol. The van der Waals surface area contributed by atoms with Gasteiger partial charge in [-0.2, -0.15) is 0 Å². The predicted octanol–water partition coefficient (Wildman–Crippen LogP) is 6.37. The van der Waals surface area contributed by atoms with E-state index in [0.717, 1.165) is 13.1 Å². The van der Waals surface area contributed by atoms with Crippen molar-refractivity contribution in [2.45, 2.75) is 0 Å². The van der Waals surface area contributed by atoms with Crippen LogP contribution in [0.1, 0.15) is 0 Å². The molecule has 0 spiro atoms. The molecule has 0 bridgehead atoms. The van der Waals surface area contributed by atoms with E-state index in [1.165, 1.54) is 39.2 Å². The fourth-order valence-corrected chi connectivity index (χ4v) is 10.2. The number of halogens is 1. The van der Waals surface area contributed by atoms with Gasteiger partial charge in [0.25, 0.3) is 0 Å². The van der Waals surface area contributed by atoms with Gasteiger partial charge in [-0.15, -0.1) is 0 Å². The van der Waals surface area contributed by atoms with E-state index in [-0.39, 0.29) is 0 Å². The van der Waals surface area contributed by atoms with Crippen LogP contribution in [0.2, 0.25) is 0 Å². The Morgan fingerprint density at radius 1 is 0.463 bits per heavy atom. The maximum Gasteiger partial charge on any atom is 0.0967 e. The molecule has 2 nitrogen and oxygen atoms in total. The number of hydrogen-bond donors (Lipinski definition) is 0. The van der Waals surface area contributed by atoms with Crippen LogP contribution in [0.4, 0.5) is 5.69 Å². The molecule has 0 radical (unpaired) electrons. The maximum absolute atomic E-state index is 7.75. The molecule has 0 aliphatic heterocycles. The number of para-hydroxylation sites is 1. The van der Waals surface area contributed by atoms with Crippen molar-refractivity contribution in [1.82, 2.24) is 0 Å². The van der Waals surface area contributed by atoms with Gasteiger partial charge in [0.1, 0.15) is 0 Å². The first kappa shape index (κ1) is 32.9. The van der Waals surface area contributed by atoms with Gasteiger partial charge < -0.3 is 9.69 Å². The Labute approximate surface area is 262 Å². The van der Waals surface area contributed by atoms with Crippen molar-refractivity contribution in [1.29, 1.82) is 0 Å². The van der Waals surface area contributed by atoms with E-state index >= 15 is 0 Å². The molecule has 0 atom stereocenters. The molecule has 0 fully saturated rings. The van der Waals surface area contributed by atoms with Crippen LogP contribution < -0.4 is 26.1 Å². The van der Waals surface area contributed by atoms with Gasteiger partial charge in [0.15, 0.2) is 0 Å². The minimum absolute atomic E-state index is 0.876. The molecule has 0 aliphatic rings. The van der Waals surface area contributed by atoms with Gasteiger partial charge in [0.2, 0.25) is 0 Å². The van der Waals surface area contributed by atoms with Gasteiger partial charge in [-0.25, -0.2) is 0 Å². The predicted molar refractivity (Wildman–Crippen MR) is 183 cm³/mol. The summed E-state index contributed by atoms with van der Waals surface area (Å²) in [6.07, 6.45) is 2.35. The maximum atomic E-state index is 7.75. The summed E-state index contributed by atoms with van der Waals surface area (Å²) in [6.45, 7) is 5.36. The van der Waals surface area contributed by atoms with Crippen LogP contribution in [0, 0.1) is 0 Å². The zero-order valence-corrected chi connectivity index (χ0v) is 27.6. The third-order valence-corrected chi connectivity index (χ3v) is 12.4. The summed E-state index contributed by atoms with van der Waals surface area (Å²) in [5.74, 6) is 0. The molecule has 5 rings (SSSR count). The SMILES string of the molecule is [CH-]=O.[Cl][RuH+2].c1ccc(N(CC[PH+](c2ccccc2)c2ccccc2)CC[PH+](c2ccccc2)c2ccccc2)cc1. The molecular weight excluding hydrogens is 649 g/mol. The third-order valence-electron chi connectivity index (χ3n) is 6.87. The molecular formula is C35H37ClNOP2Ru+3. The first-order valence-electron chi connectivity index (χ1n) is 13.5. The normalized spacial score (nSPS) is 10.2. The van der Waals surface area contributed by atoms with Crippen LogP contribution in [-0.2, 0) is 22.1 Å². The topological polar surface area (TPSA) is 20.3 Å². The molecule has 0 N–H and O–H groups in total. The molecule has 0 amide bonds. The van der Waals surface area contributed by atoms with Gasteiger partial charge in [-0.3, -0.25) is 6.79 Å². The second-order valence-electron chi connectivity index (χ2n) is 9.24. The summed E-state index contributed by atoms with van der Waals surface area (Å²) < 4.78 is 0. The van der Waals surface area contributed by atoms with Crippen molar-refractivity contribution < 1.29 is 22.1 Å². The minimum Gasteiger partial charge on any atom is -0.364 e. The number of hydrogen-bond acceptors (Lipinski definition) is 2. The van der Waals surface area contributed by atoms with Crippen LogP contribution in [0.15, 0.2) is 152 Å². The molecule has 5 aromatic carbocycles. The molecule has 0 saturated carbocycles. The Balaban J connectivity index is 0.00000111. The van der Waals surface area contributed by atoms with Crippen molar-refractivity contribution in [3.05, 3.63) is 152 Å². The van der Waals surface area contributed by atoms with Crippen LogP contribution in [0.25, 0.3) is 0 Å². The zero-order valence-electron chi connectivity index (χ0n) is 23.0. The number of anilines is 1. The van der Waals surface area contributed by atoms with Gasteiger partial charge in [-0.05, 0) is 60.7 Å². The van der Waals surface area contributed by atoms with Crippen molar-refractivity contribution in [3.8, 4) is 0 Å². The van der Waals surface area contributed by atoms with Crippen molar-refractivity contribution >= 4 is 59.2 Å². The second kappa shape index (κ2) is 19.5. The Kier molecular flexibility index (Phi) is 15.6. The molecule has 0 heterocycles. The second-order valence-corrected chi connectivity index (χ2v) is 14.5. The number of rotatable bonds is 11. The Hall–Kier alpha value is -2.66. The molecule has 210 valence electrons. The van der Waals surface area contributed by atoms with E-state index in [2.05, 4.69) is 173 Å². The van der Waals surface area contributed by atoms with E-state index in [0.29, 0.717) is 0 Å². The van der Waals surface area contributed by atoms with Crippen molar-refractivity contribution in [2.24, 2.45) is 0 Å². The summed E-state index contributed by atoms with van der Waals surface area (Å²) in [6, 6.07) is 55.6. The monoisotopic (exact) mass is 686 g/mol. The van der Waals surface area contributed by atoms with Gasteiger partial charge in [-0.1, -0.05) is 91.0 Å². The fourth-order valence-electron chi connectivity index (χ4n) is 4.97. The Morgan fingerprint density at radius 3 is 0.976 bits per heavy atom. The molecule has 5 aromatic rings. The molecule has 0 aromatic heterocycles. The molecule has 41 heavy (non-hydrogen) atoms. The van der Waals surface area contributed by atoms with E-state index in [9.17, 15) is 0 Å². The van der Waals surface area contributed by atoms with Crippen LogP contribution in [0.5, 0.6) is 0 Å². The smallest absolute Gasteiger partial charge is 0.0967 e. The number of benzene rings is 5. The van der Waals surface area contributed by atoms with E-state index in [1.54, 1.807) is 17.3 Å². The fraction of sp³-hybridized carbons (Fsp3) is 0.114. The standard InChI is InChI=1S/C34H33NP2.CHO.ClH.Ru.H/c1-6-16-30(17-7-1)35(26-28-36(31-18-8-2-9-19-31)32-20-10-3-11-21-32)27-29-37(33-22-12-4-13-23-33)34-24-14-5-15-25-34;1-2;;;/h1-25H,26-29H2;1H;1H;;/q;-1;;+3;/p+1. The number of carbonyl (C=O) groups excluding carboxylic acids is 1. The molecule has 0 unspecified atom stereocenters. The Bertz CT molecular complexity index is 1180. The largest absolute Gasteiger partial charge is 0.364 e. The molecule has 0 aliphatic carbocycles. The first-order chi connectivity index (χ1) is 20.4. The van der Waals surface area contributed by atoms with Crippen LogP contribution in [0.3, 0.4) is 0 Å². The third kappa shape index (κ3) is 10.3. The van der Waals surface area contributed by atoms with E-state index in [4.69, 9.17) is 4.79 Å². The first-order valence-corrected chi connectivity index (χ1v) is 19.3. The van der Waals surface area contributed by atoms with Crippen LogP contribution >= 0.6 is 25.5 Å². The number of nitrogens with zero attached hydrogens (tertiary/aromatic N) is 1. The van der Waals surface area contributed by atoms with Gasteiger partial charge in [0.05, 0.1) is 62.5 Å². The van der Waals surface area contributed by atoms with E-state index in [1.807, 2.05) is 0 Å². The summed E-state index contributed by atoms with van der Waals surface area (Å²) in [5.41, 5.74) is 1.33. The quantitative estimate of drug-likeness (QED) is 0.0698. The summed E-state index contributed by atoms with van der Waals surface area (Å²) in [5, 5.41) is 5.96.